The van der Waals surface area contributed by atoms with Gasteiger partial charge in [0.05, 0.1) is 5.52 Å². The minimum absolute atomic E-state index is 0.841. The predicted molar refractivity (Wildman–Crippen MR) is 245 cm³/mol. The summed E-state index contributed by atoms with van der Waals surface area (Å²) in [6.45, 7) is 0. The highest BCUT2D eigenvalue weighted by Crippen LogP contribution is 2.42. The number of rotatable bonds is 5. The third kappa shape index (κ3) is 5.25. The van der Waals surface area contributed by atoms with Crippen LogP contribution in [0.25, 0.3) is 98.2 Å². The van der Waals surface area contributed by atoms with E-state index in [1.54, 1.807) is 0 Å². The molecule has 0 N–H and O–H groups in total. The molecule has 270 valence electrons. The van der Waals surface area contributed by atoms with Gasteiger partial charge in [0, 0.05) is 45.5 Å². The Morgan fingerprint density at radius 1 is 0.310 bits per heavy atom. The van der Waals surface area contributed by atoms with Gasteiger partial charge in [0.1, 0.15) is 11.2 Å². The number of pyridine rings is 1. The van der Waals surface area contributed by atoms with Crippen LogP contribution >= 0.6 is 0 Å². The molecule has 0 amide bonds. The summed E-state index contributed by atoms with van der Waals surface area (Å²) in [5.74, 6) is 0. The van der Waals surface area contributed by atoms with Crippen molar-refractivity contribution < 1.29 is 4.42 Å². The fourth-order valence-corrected chi connectivity index (χ4v) is 8.98. The first-order valence-electron chi connectivity index (χ1n) is 19.8. The summed E-state index contributed by atoms with van der Waals surface area (Å²) in [6, 6.07) is 72.3. The van der Waals surface area contributed by atoms with Crippen LogP contribution in [-0.4, -0.2) is 4.98 Å². The molecule has 0 unspecified atom stereocenters. The summed E-state index contributed by atoms with van der Waals surface area (Å²) < 4.78 is 6.55. The van der Waals surface area contributed by atoms with Crippen LogP contribution < -0.4 is 4.90 Å². The van der Waals surface area contributed by atoms with Crippen molar-refractivity contribution in [2.24, 2.45) is 0 Å². The Morgan fingerprint density at radius 3 is 1.53 bits per heavy atom. The second kappa shape index (κ2) is 12.9. The topological polar surface area (TPSA) is 29.3 Å². The van der Waals surface area contributed by atoms with Crippen LogP contribution in [-0.2, 0) is 0 Å². The Bertz CT molecular complexity index is 3530. The minimum atomic E-state index is 0.841. The van der Waals surface area contributed by atoms with Gasteiger partial charge >= 0.3 is 0 Å². The van der Waals surface area contributed by atoms with Crippen molar-refractivity contribution in [1.82, 2.24) is 4.98 Å². The number of hydrogen-bond acceptors (Lipinski definition) is 3. The van der Waals surface area contributed by atoms with Crippen LogP contribution in [0.5, 0.6) is 0 Å². The number of nitrogens with zero attached hydrogens (tertiary/aromatic N) is 2. The molecule has 0 saturated heterocycles. The molecule has 10 aromatic carbocycles. The molecule has 2 heterocycles. The first-order chi connectivity index (χ1) is 28.7. The summed E-state index contributed by atoms with van der Waals surface area (Å²) in [7, 11) is 0. The van der Waals surface area contributed by atoms with E-state index < -0.39 is 0 Å². The molecule has 0 saturated carbocycles. The van der Waals surface area contributed by atoms with Crippen molar-refractivity contribution in [1.29, 1.82) is 0 Å². The monoisotopic (exact) mass is 738 g/mol. The van der Waals surface area contributed by atoms with Gasteiger partial charge in [-0.15, -0.1) is 0 Å². The van der Waals surface area contributed by atoms with Gasteiger partial charge in [-0.25, -0.2) is 0 Å². The SMILES string of the molecule is c1ccc2cc(-c3ccc(N(c4ccc(-c5ccc6c7ccccc7c7ccccc7c6c5)cc4)c4ccc5c(c4)oc4cc6cccnc6cc45)cc3)ccc2c1. The highest BCUT2D eigenvalue weighted by Gasteiger charge is 2.17. The van der Waals surface area contributed by atoms with Crippen LogP contribution in [0.2, 0.25) is 0 Å². The number of fused-ring (bicyclic) bond motifs is 11. The van der Waals surface area contributed by atoms with Gasteiger partial charge in [-0.2, -0.15) is 0 Å². The molecular formula is C55H34N2O. The highest BCUT2D eigenvalue weighted by atomic mass is 16.3. The molecule has 0 bridgehead atoms. The van der Waals surface area contributed by atoms with E-state index >= 15 is 0 Å². The standard InChI is InChI=1S/C55H34N2O/c1-2-9-38-30-39(16-15-35(38)8-1)36-17-22-42(23-18-36)57(44-26-28-50-52-34-53-41(10-7-29-56-53)32-54(52)58-55(50)33-44)43-24-19-37(20-25-43)40-21-27-49-47-13-4-3-11-45(47)46-12-5-6-14-48(46)51(49)31-40/h1-34H. The van der Waals surface area contributed by atoms with Crippen LogP contribution in [0.1, 0.15) is 0 Å². The van der Waals surface area contributed by atoms with Gasteiger partial charge in [0.25, 0.3) is 0 Å². The molecule has 0 radical (unpaired) electrons. The van der Waals surface area contributed by atoms with Gasteiger partial charge in [0.15, 0.2) is 0 Å². The number of furan rings is 1. The summed E-state index contributed by atoms with van der Waals surface area (Å²) >= 11 is 0. The lowest BCUT2D eigenvalue weighted by molar-refractivity contribution is 0.669. The summed E-state index contributed by atoms with van der Waals surface area (Å²) in [5, 5.41) is 13.4. The lowest BCUT2D eigenvalue weighted by Gasteiger charge is -2.26. The van der Waals surface area contributed by atoms with Gasteiger partial charge < -0.3 is 9.32 Å². The molecule has 0 fully saturated rings. The number of anilines is 3. The van der Waals surface area contributed by atoms with E-state index in [1.807, 2.05) is 12.3 Å². The molecule has 0 aliphatic rings. The maximum atomic E-state index is 6.55. The normalized spacial score (nSPS) is 11.8. The summed E-state index contributed by atoms with van der Waals surface area (Å²) in [5.41, 5.74) is 10.5. The summed E-state index contributed by atoms with van der Waals surface area (Å²) in [4.78, 5) is 6.92. The third-order valence-corrected chi connectivity index (χ3v) is 11.8. The number of aromatic nitrogens is 1. The second-order valence-electron chi connectivity index (χ2n) is 15.2. The highest BCUT2D eigenvalue weighted by molar-refractivity contribution is 6.25. The van der Waals surface area contributed by atoms with Gasteiger partial charge in [-0.05, 0) is 132 Å². The molecule has 12 aromatic rings. The van der Waals surface area contributed by atoms with E-state index in [0.29, 0.717) is 0 Å². The molecule has 58 heavy (non-hydrogen) atoms. The fraction of sp³-hybridized carbons (Fsp3) is 0. The summed E-state index contributed by atoms with van der Waals surface area (Å²) in [6.07, 6.45) is 1.84. The van der Waals surface area contributed by atoms with E-state index in [9.17, 15) is 0 Å². The lowest BCUT2D eigenvalue weighted by atomic mass is 9.92. The van der Waals surface area contributed by atoms with Crippen molar-refractivity contribution in [2.45, 2.75) is 0 Å². The number of benzene rings is 10. The Morgan fingerprint density at radius 2 is 0.828 bits per heavy atom. The maximum absolute atomic E-state index is 6.55. The Balaban J connectivity index is 0.972. The molecule has 2 aromatic heterocycles. The fourth-order valence-electron chi connectivity index (χ4n) is 8.98. The molecule has 0 aliphatic carbocycles. The molecular weight excluding hydrogens is 705 g/mol. The van der Waals surface area contributed by atoms with Crippen molar-refractivity contribution in [3.8, 4) is 22.3 Å². The predicted octanol–water partition coefficient (Wildman–Crippen LogP) is 15.6. The molecule has 12 rings (SSSR count). The van der Waals surface area contributed by atoms with E-state index in [-0.39, 0.29) is 0 Å². The minimum Gasteiger partial charge on any atom is -0.456 e. The molecule has 0 aliphatic heterocycles. The maximum Gasteiger partial charge on any atom is 0.137 e. The van der Waals surface area contributed by atoms with E-state index in [4.69, 9.17) is 4.42 Å². The van der Waals surface area contributed by atoms with E-state index in [1.165, 1.54) is 65.3 Å². The smallest absolute Gasteiger partial charge is 0.137 e. The number of hydrogen-bond donors (Lipinski definition) is 0. The Labute approximate surface area is 334 Å². The van der Waals surface area contributed by atoms with E-state index in [0.717, 1.165) is 49.9 Å². The van der Waals surface area contributed by atoms with Gasteiger partial charge in [-0.1, -0.05) is 127 Å². The zero-order chi connectivity index (χ0) is 38.2. The van der Waals surface area contributed by atoms with Crippen LogP contribution in [0.15, 0.2) is 211 Å². The second-order valence-corrected chi connectivity index (χ2v) is 15.2. The first kappa shape index (κ1) is 32.5. The van der Waals surface area contributed by atoms with E-state index in [2.05, 4.69) is 204 Å². The lowest BCUT2D eigenvalue weighted by Crippen LogP contribution is -2.09. The zero-order valence-electron chi connectivity index (χ0n) is 31.4. The largest absolute Gasteiger partial charge is 0.456 e. The molecule has 0 atom stereocenters. The van der Waals surface area contributed by atoms with Crippen molar-refractivity contribution in [2.75, 3.05) is 4.90 Å². The molecule has 3 heteroatoms. The average molecular weight is 739 g/mol. The van der Waals surface area contributed by atoms with Crippen molar-refractivity contribution in [3.63, 3.8) is 0 Å². The van der Waals surface area contributed by atoms with Crippen LogP contribution in [0.3, 0.4) is 0 Å². The Hall–Kier alpha value is -7.75. The Kier molecular flexibility index (Phi) is 7.23. The van der Waals surface area contributed by atoms with Crippen molar-refractivity contribution >= 4 is 93.0 Å². The van der Waals surface area contributed by atoms with Crippen LogP contribution in [0, 0.1) is 0 Å². The van der Waals surface area contributed by atoms with Crippen LogP contribution in [0.4, 0.5) is 17.1 Å². The third-order valence-electron chi connectivity index (χ3n) is 11.8. The quantitative estimate of drug-likeness (QED) is 0.165. The van der Waals surface area contributed by atoms with Gasteiger partial charge in [0.2, 0.25) is 0 Å². The van der Waals surface area contributed by atoms with Crippen molar-refractivity contribution in [3.05, 3.63) is 206 Å². The zero-order valence-corrected chi connectivity index (χ0v) is 31.4. The van der Waals surface area contributed by atoms with Gasteiger partial charge in [-0.3, -0.25) is 4.98 Å². The first-order valence-corrected chi connectivity index (χ1v) is 19.8. The molecule has 0 spiro atoms. The average Bonchev–Trinajstić information content (AvgIpc) is 3.65. The molecule has 3 nitrogen and oxygen atoms in total.